The number of carbonyl (C=O) groups is 1. The molecule has 0 atom stereocenters. The molecular weight excluding hydrogens is 306 g/mol. The largest absolute Gasteiger partial charge is 0.396 e. The Morgan fingerprint density at radius 2 is 2.10 bits per heavy atom. The first-order valence-corrected chi connectivity index (χ1v) is 9.30. The second kappa shape index (κ2) is 7.38. The van der Waals surface area contributed by atoms with Gasteiger partial charge >= 0.3 is 0 Å². The molecule has 0 aromatic carbocycles. The molecule has 1 aromatic rings. The zero-order chi connectivity index (χ0) is 15.4. The van der Waals surface area contributed by atoms with Gasteiger partial charge in [-0.3, -0.25) is 4.79 Å². The lowest BCUT2D eigenvalue weighted by atomic mass is 9.93. The molecule has 21 heavy (non-hydrogen) atoms. The molecule has 7 heteroatoms. The molecule has 1 aliphatic rings. The number of hydrogen-bond donors (Lipinski definition) is 4. The SMILES string of the molecule is CCNC(=O)c1sc(NC2CCC(O)CC2)c(SC)c1N. The summed E-state index contributed by atoms with van der Waals surface area (Å²) < 4.78 is 0. The van der Waals surface area contributed by atoms with Crippen LogP contribution in [0.15, 0.2) is 4.90 Å². The van der Waals surface area contributed by atoms with Crippen molar-refractivity contribution in [3.63, 3.8) is 0 Å². The van der Waals surface area contributed by atoms with Crippen molar-refractivity contribution < 1.29 is 9.90 Å². The molecule has 0 bridgehead atoms. The third-order valence-electron chi connectivity index (χ3n) is 3.68. The zero-order valence-corrected chi connectivity index (χ0v) is 14.1. The summed E-state index contributed by atoms with van der Waals surface area (Å²) in [6.45, 7) is 2.48. The molecule has 118 valence electrons. The van der Waals surface area contributed by atoms with E-state index in [0.29, 0.717) is 23.2 Å². The number of rotatable bonds is 5. The van der Waals surface area contributed by atoms with Gasteiger partial charge in [-0.25, -0.2) is 0 Å². The Labute approximate surface area is 133 Å². The molecule has 1 amide bonds. The van der Waals surface area contributed by atoms with E-state index in [1.165, 1.54) is 11.3 Å². The van der Waals surface area contributed by atoms with Gasteiger partial charge in [0.1, 0.15) is 9.88 Å². The maximum Gasteiger partial charge on any atom is 0.263 e. The third kappa shape index (κ3) is 3.84. The Morgan fingerprint density at radius 3 is 2.67 bits per heavy atom. The number of nitrogens with two attached hydrogens (primary N) is 1. The van der Waals surface area contributed by atoms with E-state index >= 15 is 0 Å². The minimum absolute atomic E-state index is 0.109. The van der Waals surface area contributed by atoms with Gasteiger partial charge in [0.2, 0.25) is 0 Å². The van der Waals surface area contributed by atoms with Gasteiger partial charge in [0.05, 0.1) is 16.7 Å². The number of hydrogen-bond acceptors (Lipinski definition) is 6. The number of amides is 1. The number of nitrogens with one attached hydrogen (secondary N) is 2. The van der Waals surface area contributed by atoms with Crippen LogP contribution in [0.1, 0.15) is 42.3 Å². The molecule has 0 saturated heterocycles. The minimum atomic E-state index is -0.164. The Bertz CT molecular complexity index is 497. The van der Waals surface area contributed by atoms with Crippen molar-refractivity contribution in [3.8, 4) is 0 Å². The van der Waals surface area contributed by atoms with Crippen molar-refractivity contribution in [3.05, 3.63) is 4.88 Å². The van der Waals surface area contributed by atoms with Crippen molar-refractivity contribution in [2.75, 3.05) is 23.9 Å². The van der Waals surface area contributed by atoms with Gasteiger partial charge in [0, 0.05) is 12.6 Å². The van der Waals surface area contributed by atoms with Crippen LogP contribution in [0.25, 0.3) is 0 Å². The normalized spacial score (nSPS) is 22.0. The highest BCUT2D eigenvalue weighted by Crippen LogP contribution is 2.42. The predicted molar refractivity (Wildman–Crippen MR) is 90.4 cm³/mol. The monoisotopic (exact) mass is 329 g/mol. The summed E-state index contributed by atoms with van der Waals surface area (Å²) in [6.07, 6.45) is 5.36. The molecule has 5 nitrogen and oxygen atoms in total. The minimum Gasteiger partial charge on any atom is -0.396 e. The summed E-state index contributed by atoms with van der Waals surface area (Å²) in [5.74, 6) is -0.109. The van der Waals surface area contributed by atoms with E-state index in [2.05, 4.69) is 10.6 Å². The average molecular weight is 329 g/mol. The zero-order valence-electron chi connectivity index (χ0n) is 12.4. The fourth-order valence-corrected chi connectivity index (χ4v) is 4.56. The van der Waals surface area contributed by atoms with Crippen LogP contribution in [0.5, 0.6) is 0 Å². The van der Waals surface area contributed by atoms with Gasteiger partial charge in [-0.05, 0) is 38.9 Å². The molecule has 0 unspecified atom stereocenters. The smallest absolute Gasteiger partial charge is 0.263 e. The standard InChI is InChI=1S/C14H23N3O2S2/c1-3-16-13(19)11-10(15)12(20-2)14(21-11)17-8-4-6-9(18)7-5-8/h8-9,17-18H,3-7,15H2,1-2H3,(H,16,19). The van der Waals surface area contributed by atoms with Crippen LogP contribution in [-0.2, 0) is 0 Å². The van der Waals surface area contributed by atoms with Crippen LogP contribution in [0.3, 0.4) is 0 Å². The lowest BCUT2D eigenvalue weighted by Gasteiger charge is -2.26. The van der Waals surface area contributed by atoms with Crippen LogP contribution in [0.4, 0.5) is 10.7 Å². The Balaban J connectivity index is 2.15. The Kier molecular flexibility index (Phi) is 5.78. The summed E-state index contributed by atoms with van der Waals surface area (Å²) in [5, 5.41) is 16.9. The van der Waals surface area contributed by atoms with E-state index in [1.807, 2.05) is 13.2 Å². The number of anilines is 2. The fourth-order valence-electron chi connectivity index (χ4n) is 2.54. The highest BCUT2D eigenvalue weighted by Gasteiger charge is 2.24. The summed E-state index contributed by atoms with van der Waals surface area (Å²) in [4.78, 5) is 13.6. The number of thioether (sulfide) groups is 1. The van der Waals surface area contributed by atoms with Crippen molar-refractivity contribution in [1.29, 1.82) is 0 Å². The molecule has 1 fully saturated rings. The van der Waals surface area contributed by atoms with Crippen LogP contribution in [0, 0.1) is 0 Å². The second-order valence-corrected chi connectivity index (χ2v) is 7.05. The van der Waals surface area contributed by atoms with E-state index in [1.54, 1.807) is 11.8 Å². The summed E-state index contributed by atoms with van der Waals surface area (Å²) in [5.41, 5.74) is 6.69. The second-order valence-electron chi connectivity index (χ2n) is 5.22. The summed E-state index contributed by atoms with van der Waals surface area (Å²) >= 11 is 2.98. The Hall–Kier alpha value is -0.920. The average Bonchev–Trinajstić information content (AvgIpc) is 2.78. The van der Waals surface area contributed by atoms with Gasteiger partial charge in [-0.2, -0.15) is 0 Å². The molecular formula is C14H23N3O2S2. The van der Waals surface area contributed by atoms with Crippen LogP contribution in [0.2, 0.25) is 0 Å². The first-order chi connectivity index (χ1) is 10.1. The maximum absolute atomic E-state index is 12.0. The third-order valence-corrected chi connectivity index (χ3v) is 5.78. The number of aliphatic hydroxyl groups excluding tert-OH is 1. The number of carbonyl (C=O) groups excluding carboxylic acids is 1. The molecule has 0 radical (unpaired) electrons. The highest BCUT2D eigenvalue weighted by molar-refractivity contribution is 7.99. The predicted octanol–water partition coefficient (Wildman–Crippen LogP) is 2.52. The molecule has 1 aliphatic carbocycles. The van der Waals surface area contributed by atoms with Gasteiger partial charge in [0.25, 0.3) is 5.91 Å². The van der Waals surface area contributed by atoms with Crippen molar-refractivity contribution >= 4 is 39.7 Å². The quantitative estimate of drug-likeness (QED) is 0.624. The molecule has 0 aliphatic heterocycles. The van der Waals surface area contributed by atoms with Gasteiger partial charge in [-0.15, -0.1) is 23.1 Å². The number of nitrogen functional groups attached to an aromatic ring is 1. The number of aliphatic hydroxyl groups is 1. The van der Waals surface area contributed by atoms with Crippen LogP contribution in [-0.4, -0.2) is 36.0 Å². The Morgan fingerprint density at radius 1 is 1.43 bits per heavy atom. The molecule has 2 rings (SSSR count). The van der Waals surface area contributed by atoms with E-state index in [-0.39, 0.29) is 12.0 Å². The van der Waals surface area contributed by atoms with Crippen molar-refractivity contribution in [2.45, 2.75) is 49.6 Å². The van der Waals surface area contributed by atoms with E-state index in [9.17, 15) is 9.90 Å². The topological polar surface area (TPSA) is 87.4 Å². The first kappa shape index (κ1) is 16.5. The fraction of sp³-hybridized carbons (Fsp3) is 0.643. The van der Waals surface area contributed by atoms with Gasteiger partial charge < -0.3 is 21.5 Å². The molecule has 5 N–H and O–H groups in total. The maximum atomic E-state index is 12.0. The van der Waals surface area contributed by atoms with Crippen LogP contribution < -0.4 is 16.4 Å². The van der Waals surface area contributed by atoms with E-state index < -0.39 is 0 Å². The van der Waals surface area contributed by atoms with Crippen molar-refractivity contribution in [1.82, 2.24) is 5.32 Å². The van der Waals surface area contributed by atoms with Crippen LogP contribution >= 0.6 is 23.1 Å². The molecule has 1 heterocycles. The molecule has 0 spiro atoms. The van der Waals surface area contributed by atoms with E-state index in [4.69, 9.17) is 5.73 Å². The summed E-state index contributed by atoms with van der Waals surface area (Å²) in [7, 11) is 0. The molecule has 1 aromatic heterocycles. The van der Waals surface area contributed by atoms with Gasteiger partial charge in [-0.1, -0.05) is 0 Å². The lowest BCUT2D eigenvalue weighted by molar-refractivity contribution is 0.0960. The van der Waals surface area contributed by atoms with Gasteiger partial charge in [0.15, 0.2) is 0 Å². The molecule has 1 saturated carbocycles. The van der Waals surface area contributed by atoms with E-state index in [0.717, 1.165) is 35.6 Å². The summed E-state index contributed by atoms with van der Waals surface area (Å²) in [6, 6.07) is 0.347. The highest BCUT2D eigenvalue weighted by atomic mass is 32.2. The lowest BCUT2D eigenvalue weighted by Crippen LogP contribution is -2.28. The van der Waals surface area contributed by atoms with Crippen molar-refractivity contribution in [2.24, 2.45) is 0 Å². The number of thiophene rings is 1. The first-order valence-electron chi connectivity index (χ1n) is 7.25.